The molecule has 0 saturated heterocycles. The summed E-state index contributed by atoms with van der Waals surface area (Å²) >= 11 is 0. The molecule has 1 heterocycles. The minimum Gasteiger partial charge on any atom is -0.383 e. The Kier molecular flexibility index (Phi) is 6.37. The van der Waals surface area contributed by atoms with Gasteiger partial charge in [0, 0.05) is 19.9 Å². The van der Waals surface area contributed by atoms with Crippen LogP contribution in [-0.2, 0) is 17.7 Å². The molecule has 5 heteroatoms. The van der Waals surface area contributed by atoms with Gasteiger partial charge < -0.3 is 10.1 Å². The zero-order valence-corrected chi connectivity index (χ0v) is 12.4. The third-order valence-electron chi connectivity index (χ3n) is 3.22. The van der Waals surface area contributed by atoms with Crippen molar-refractivity contribution in [3.63, 3.8) is 0 Å². The second-order valence-electron chi connectivity index (χ2n) is 5.02. The molecule has 21 heavy (non-hydrogen) atoms. The Labute approximate surface area is 124 Å². The van der Waals surface area contributed by atoms with Crippen molar-refractivity contribution in [2.75, 3.05) is 26.8 Å². The van der Waals surface area contributed by atoms with Crippen molar-refractivity contribution in [3.8, 4) is 0 Å². The molecular weight excluding hydrogens is 269 g/mol. The Morgan fingerprint density at radius 3 is 3.00 bits per heavy atom. The third kappa shape index (κ3) is 5.65. The first kappa shape index (κ1) is 15.7. The lowest BCUT2D eigenvalue weighted by Gasteiger charge is -2.03. The minimum absolute atomic E-state index is 0.206. The number of aryl methyl sites for hydroxylation is 1. The van der Waals surface area contributed by atoms with Crippen LogP contribution in [-0.4, -0.2) is 36.6 Å². The van der Waals surface area contributed by atoms with Crippen molar-refractivity contribution in [1.82, 2.24) is 15.1 Å². The Morgan fingerprint density at radius 1 is 1.29 bits per heavy atom. The quantitative estimate of drug-likeness (QED) is 0.720. The van der Waals surface area contributed by atoms with Crippen LogP contribution in [0, 0.1) is 5.82 Å². The number of nitrogens with one attached hydrogen (secondary N) is 1. The standard InChI is InChI=1S/C16H22FN3O/c1-21-9-8-18-7-3-5-15-11-19-20(13-15)12-14-4-2-6-16(17)10-14/h2,4,6,10-11,13,18H,3,5,7-9,12H2,1H3. The van der Waals surface area contributed by atoms with Gasteiger partial charge in [-0.15, -0.1) is 0 Å². The Balaban J connectivity index is 1.74. The van der Waals surface area contributed by atoms with E-state index in [2.05, 4.69) is 10.4 Å². The summed E-state index contributed by atoms with van der Waals surface area (Å²) in [7, 11) is 1.70. The summed E-state index contributed by atoms with van der Waals surface area (Å²) in [5.74, 6) is -0.206. The van der Waals surface area contributed by atoms with Crippen molar-refractivity contribution in [3.05, 3.63) is 53.6 Å². The summed E-state index contributed by atoms with van der Waals surface area (Å²) in [5.41, 5.74) is 2.13. The van der Waals surface area contributed by atoms with Gasteiger partial charge in [0.15, 0.2) is 0 Å². The number of ether oxygens (including phenoxy) is 1. The number of methoxy groups -OCH3 is 1. The van der Waals surface area contributed by atoms with Crippen molar-refractivity contribution >= 4 is 0 Å². The van der Waals surface area contributed by atoms with Gasteiger partial charge in [-0.25, -0.2) is 4.39 Å². The van der Waals surface area contributed by atoms with Gasteiger partial charge in [0.1, 0.15) is 5.82 Å². The van der Waals surface area contributed by atoms with Crippen LogP contribution in [0.4, 0.5) is 4.39 Å². The van der Waals surface area contributed by atoms with E-state index in [1.54, 1.807) is 19.2 Å². The van der Waals surface area contributed by atoms with E-state index >= 15 is 0 Å². The molecule has 0 aliphatic rings. The number of aromatic nitrogens is 2. The maximum Gasteiger partial charge on any atom is 0.123 e. The average molecular weight is 291 g/mol. The zero-order valence-electron chi connectivity index (χ0n) is 12.4. The lowest BCUT2D eigenvalue weighted by molar-refractivity contribution is 0.199. The summed E-state index contributed by atoms with van der Waals surface area (Å²) in [4.78, 5) is 0. The molecule has 2 rings (SSSR count). The monoisotopic (exact) mass is 291 g/mol. The van der Waals surface area contributed by atoms with Gasteiger partial charge >= 0.3 is 0 Å². The molecule has 0 aliphatic carbocycles. The van der Waals surface area contributed by atoms with Crippen molar-refractivity contribution in [2.24, 2.45) is 0 Å². The van der Waals surface area contributed by atoms with Gasteiger partial charge in [0.25, 0.3) is 0 Å². The summed E-state index contributed by atoms with van der Waals surface area (Å²) in [6, 6.07) is 6.63. The summed E-state index contributed by atoms with van der Waals surface area (Å²) in [5, 5.41) is 7.64. The molecule has 0 radical (unpaired) electrons. The van der Waals surface area contributed by atoms with Crippen LogP contribution in [0.25, 0.3) is 0 Å². The molecule has 1 aromatic heterocycles. The summed E-state index contributed by atoms with van der Waals surface area (Å²) < 4.78 is 19.9. The van der Waals surface area contributed by atoms with E-state index in [1.807, 2.05) is 23.1 Å². The number of halogens is 1. The molecule has 114 valence electrons. The summed E-state index contributed by atoms with van der Waals surface area (Å²) in [6.07, 6.45) is 5.97. The maximum absolute atomic E-state index is 13.1. The zero-order chi connectivity index (χ0) is 14.9. The van der Waals surface area contributed by atoms with Gasteiger partial charge in [-0.3, -0.25) is 4.68 Å². The molecular formula is C16H22FN3O. The lowest BCUT2D eigenvalue weighted by Crippen LogP contribution is -2.20. The Morgan fingerprint density at radius 2 is 2.19 bits per heavy atom. The van der Waals surface area contributed by atoms with Crippen molar-refractivity contribution in [1.29, 1.82) is 0 Å². The third-order valence-corrected chi connectivity index (χ3v) is 3.22. The fourth-order valence-corrected chi connectivity index (χ4v) is 2.16. The van der Waals surface area contributed by atoms with Gasteiger partial charge in [-0.2, -0.15) is 5.10 Å². The van der Waals surface area contributed by atoms with Gasteiger partial charge in [-0.05, 0) is 42.6 Å². The molecule has 0 unspecified atom stereocenters. The summed E-state index contributed by atoms with van der Waals surface area (Å²) in [6.45, 7) is 3.20. The lowest BCUT2D eigenvalue weighted by atomic mass is 10.2. The number of hydrogen-bond acceptors (Lipinski definition) is 3. The van der Waals surface area contributed by atoms with E-state index in [-0.39, 0.29) is 5.82 Å². The van der Waals surface area contributed by atoms with Gasteiger partial charge in [0.2, 0.25) is 0 Å². The van der Waals surface area contributed by atoms with E-state index in [0.717, 1.165) is 38.1 Å². The second kappa shape index (κ2) is 8.54. The second-order valence-corrected chi connectivity index (χ2v) is 5.02. The molecule has 0 saturated carbocycles. The number of benzene rings is 1. The molecule has 1 N–H and O–H groups in total. The number of nitrogens with zero attached hydrogens (tertiary/aromatic N) is 2. The van der Waals surface area contributed by atoms with E-state index in [1.165, 1.54) is 11.6 Å². The van der Waals surface area contributed by atoms with E-state index in [9.17, 15) is 4.39 Å². The van der Waals surface area contributed by atoms with Gasteiger partial charge in [0.05, 0.1) is 19.3 Å². The minimum atomic E-state index is -0.206. The van der Waals surface area contributed by atoms with Crippen molar-refractivity contribution < 1.29 is 9.13 Å². The number of hydrogen-bond donors (Lipinski definition) is 1. The van der Waals surface area contributed by atoms with Gasteiger partial charge in [-0.1, -0.05) is 12.1 Å². The number of rotatable bonds is 9. The molecule has 0 fully saturated rings. The van der Waals surface area contributed by atoms with E-state index in [0.29, 0.717) is 6.54 Å². The molecule has 0 bridgehead atoms. The van der Waals surface area contributed by atoms with Crippen LogP contribution in [0.5, 0.6) is 0 Å². The van der Waals surface area contributed by atoms with Crippen LogP contribution < -0.4 is 5.32 Å². The van der Waals surface area contributed by atoms with E-state index < -0.39 is 0 Å². The first-order valence-corrected chi connectivity index (χ1v) is 7.23. The predicted molar refractivity (Wildman–Crippen MR) is 80.8 cm³/mol. The SMILES string of the molecule is COCCNCCCc1cnn(Cc2cccc(F)c2)c1. The first-order valence-electron chi connectivity index (χ1n) is 7.23. The topological polar surface area (TPSA) is 39.1 Å². The fraction of sp³-hybridized carbons (Fsp3) is 0.438. The van der Waals surface area contributed by atoms with Crippen LogP contribution in [0.15, 0.2) is 36.7 Å². The van der Waals surface area contributed by atoms with Crippen LogP contribution in [0.3, 0.4) is 0 Å². The van der Waals surface area contributed by atoms with Crippen LogP contribution in [0.1, 0.15) is 17.5 Å². The van der Waals surface area contributed by atoms with Crippen LogP contribution in [0.2, 0.25) is 0 Å². The van der Waals surface area contributed by atoms with Crippen LogP contribution >= 0.6 is 0 Å². The highest BCUT2D eigenvalue weighted by molar-refractivity contribution is 5.17. The molecule has 0 spiro atoms. The molecule has 4 nitrogen and oxygen atoms in total. The average Bonchev–Trinajstić information content (AvgIpc) is 2.90. The predicted octanol–water partition coefficient (Wildman–Crippen LogP) is 2.24. The largest absolute Gasteiger partial charge is 0.383 e. The first-order chi connectivity index (χ1) is 10.3. The highest BCUT2D eigenvalue weighted by atomic mass is 19.1. The normalized spacial score (nSPS) is 11.0. The highest BCUT2D eigenvalue weighted by Crippen LogP contribution is 2.07. The maximum atomic E-state index is 13.1. The highest BCUT2D eigenvalue weighted by Gasteiger charge is 2.01. The Hall–Kier alpha value is -1.72. The smallest absolute Gasteiger partial charge is 0.123 e. The molecule has 2 aromatic rings. The molecule has 1 aromatic carbocycles. The molecule has 0 atom stereocenters. The molecule has 0 aliphatic heterocycles. The molecule has 0 amide bonds. The fourth-order valence-electron chi connectivity index (χ4n) is 2.16. The Bertz CT molecular complexity index is 542. The van der Waals surface area contributed by atoms with E-state index in [4.69, 9.17) is 4.74 Å². The van der Waals surface area contributed by atoms with Crippen molar-refractivity contribution in [2.45, 2.75) is 19.4 Å².